The Hall–Kier alpha value is -1.55. The quantitative estimate of drug-likeness (QED) is 0.637. The number of nitrogen functional groups attached to an aromatic ring is 1. The molecule has 86 valence electrons. The molecule has 1 aromatic rings. The summed E-state index contributed by atoms with van der Waals surface area (Å²) in [5.41, 5.74) is 7.86. The van der Waals surface area contributed by atoms with E-state index >= 15 is 0 Å². The van der Waals surface area contributed by atoms with Gasteiger partial charge in [-0.15, -0.1) is 0 Å². The van der Waals surface area contributed by atoms with Crippen molar-refractivity contribution in [3.63, 3.8) is 0 Å². The third kappa shape index (κ3) is 2.73. The van der Waals surface area contributed by atoms with Gasteiger partial charge in [0.25, 0.3) is 0 Å². The van der Waals surface area contributed by atoms with Gasteiger partial charge in [-0.1, -0.05) is 23.3 Å². The van der Waals surface area contributed by atoms with Crippen molar-refractivity contribution in [2.45, 2.75) is 13.8 Å². The number of aromatic nitrogens is 1. The van der Waals surface area contributed by atoms with Crippen LogP contribution in [0, 0.1) is 0 Å². The lowest BCUT2D eigenvalue weighted by molar-refractivity contribution is 0.0594. The number of nitrogens with zero attached hydrogens (tertiary/aromatic N) is 1. The minimum absolute atomic E-state index is 0.133. The first-order valence-corrected chi connectivity index (χ1v) is 5.02. The molecular formula is C11H13ClN2O2. The van der Waals surface area contributed by atoms with Gasteiger partial charge in [0.05, 0.1) is 7.11 Å². The molecule has 0 spiro atoms. The minimum Gasteiger partial charge on any atom is -0.464 e. The average molecular weight is 241 g/mol. The van der Waals surface area contributed by atoms with E-state index in [4.69, 9.17) is 17.3 Å². The van der Waals surface area contributed by atoms with Gasteiger partial charge < -0.3 is 10.5 Å². The van der Waals surface area contributed by atoms with Crippen molar-refractivity contribution < 1.29 is 9.53 Å². The molecule has 0 atom stereocenters. The maximum Gasteiger partial charge on any atom is 0.357 e. The van der Waals surface area contributed by atoms with Crippen LogP contribution in [-0.2, 0) is 4.74 Å². The van der Waals surface area contributed by atoms with Gasteiger partial charge in [0.2, 0.25) is 0 Å². The van der Waals surface area contributed by atoms with Crippen LogP contribution in [0.25, 0.3) is 6.08 Å². The molecule has 0 unspecified atom stereocenters. The summed E-state index contributed by atoms with van der Waals surface area (Å²) in [5.74, 6) is -0.554. The molecule has 1 rings (SSSR count). The molecule has 16 heavy (non-hydrogen) atoms. The fourth-order valence-electron chi connectivity index (χ4n) is 1.23. The Kier molecular flexibility index (Phi) is 3.90. The van der Waals surface area contributed by atoms with Crippen molar-refractivity contribution in [2.75, 3.05) is 12.8 Å². The minimum atomic E-state index is -0.554. The molecule has 0 aromatic carbocycles. The highest BCUT2D eigenvalue weighted by atomic mass is 35.5. The van der Waals surface area contributed by atoms with Crippen LogP contribution in [0.4, 0.5) is 5.69 Å². The van der Waals surface area contributed by atoms with Crippen molar-refractivity contribution in [1.29, 1.82) is 0 Å². The van der Waals surface area contributed by atoms with Crippen LogP contribution in [0.5, 0.6) is 0 Å². The number of rotatable bonds is 2. The molecule has 0 aliphatic rings. The van der Waals surface area contributed by atoms with E-state index in [1.165, 1.54) is 13.2 Å². The molecule has 0 amide bonds. The van der Waals surface area contributed by atoms with Crippen molar-refractivity contribution in [3.05, 3.63) is 28.0 Å². The number of ether oxygens (including phenoxy) is 1. The number of carbonyl (C=O) groups is 1. The molecule has 0 bridgehead atoms. The number of allylic oxidation sites excluding steroid dienone is 1. The Bertz CT molecular complexity index is 452. The van der Waals surface area contributed by atoms with Gasteiger partial charge in [0, 0.05) is 11.3 Å². The number of anilines is 1. The molecule has 0 aliphatic carbocycles. The standard InChI is InChI=1S/C11H13ClN2O2/c1-6(2)4-7-8(13)5-9(12)14-10(7)11(15)16-3/h4-5H,1-3H3,(H2,13,14). The zero-order chi connectivity index (χ0) is 12.3. The molecule has 1 aromatic heterocycles. The number of esters is 1. The predicted octanol–water partition coefficient (Wildman–Crippen LogP) is 2.53. The van der Waals surface area contributed by atoms with E-state index in [-0.39, 0.29) is 10.8 Å². The van der Waals surface area contributed by atoms with E-state index < -0.39 is 5.97 Å². The lowest BCUT2D eigenvalue weighted by Gasteiger charge is -2.07. The maximum atomic E-state index is 11.5. The van der Waals surface area contributed by atoms with E-state index in [1.54, 1.807) is 6.08 Å². The molecule has 5 heteroatoms. The Morgan fingerprint density at radius 1 is 1.56 bits per heavy atom. The van der Waals surface area contributed by atoms with Crippen LogP contribution < -0.4 is 5.73 Å². The monoisotopic (exact) mass is 240 g/mol. The van der Waals surface area contributed by atoms with Crippen molar-refractivity contribution >= 4 is 29.3 Å². The van der Waals surface area contributed by atoms with E-state index in [1.807, 2.05) is 13.8 Å². The number of nitrogens with two attached hydrogens (primary N) is 1. The summed E-state index contributed by atoms with van der Waals surface area (Å²) in [7, 11) is 1.29. The topological polar surface area (TPSA) is 65.2 Å². The highest BCUT2D eigenvalue weighted by Crippen LogP contribution is 2.23. The smallest absolute Gasteiger partial charge is 0.357 e. The highest BCUT2D eigenvalue weighted by Gasteiger charge is 2.16. The lowest BCUT2D eigenvalue weighted by atomic mass is 10.1. The van der Waals surface area contributed by atoms with Crippen LogP contribution in [0.3, 0.4) is 0 Å². The average Bonchev–Trinajstić information content (AvgIpc) is 2.20. The molecular weight excluding hydrogens is 228 g/mol. The number of hydrogen-bond acceptors (Lipinski definition) is 4. The van der Waals surface area contributed by atoms with Crippen molar-refractivity contribution in [1.82, 2.24) is 4.98 Å². The van der Waals surface area contributed by atoms with Gasteiger partial charge >= 0.3 is 5.97 Å². The van der Waals surface area contributed by atoms with Crippen LogP contribution in [0.1, 0.15) is 29.9 Å². The van der Waals surface area contributed by atoms with Crippen LogP contribution in [0.2, 0.25) is 5.15 Å². The Balaban J connectivity index is 3.44. The Morgan fingerprint density at radius 3 is 2.69 bits per heavy atom. The Morgan fingerprint density at radius 2 is 2.19 bits per heavy atom. The first-order valence-electron chi connectivity index (χ1n) is 4.65. The second-order valence-electron chi connectivity index (χ2n) is 3.51. The first kappa shape index (κ1) is 12.5. The zero-order valence-corrected chi connectivity index (χ0v) is 10.1. The van der Waals surface area contributed by atoms with E-state index in [9.17, 15) is 4.79 Å². The van der Waals surface area contributed by atoms with Gasteiger partial charge in [-0.2, -0.15) is 0 Å². The Labute approximate surface area is 99.1 Å². The summed E-state index contributed by atoms with van der Waals surface area (Å²) < 4.78 is 4.62. The third-order valence-corrected chi connectivity index (χ3v) is 2.06. The van der Waals surface area contributed by atoms with Crippen molar-refractivity contribution in [2.24, 2.45) is 0 Å². The van der Waals surface area contributed by atoms with Crippen LogP contribution in [0.15, 0.2) is 11.6 Å². The summed E-state index contributed by atoms with van der Waals surface area (Å²) in [5, 5.41) is 0.170. The normalized spacial score (nSPS) is 9.75. The molecule has 1 heterocycles. The summed E-state index contributed by atoms with van der Waals surface area (Å²) in [6.07, 6.45) is 1.77. The van der Waals surface area contributed by atoms with Gasteiger partial charge in [0.1, 0.15) is 5.15 Å². The second kappa shape index (κ2) is 4.99. The van der Waals surface area contributed by atoms with Crippen LogP contribution >= 0.6 is 11.6 Å². The lowest BCUT2D eigenvalue weighted by Crippen LogP contribution is -2.09. The van der Waals surface area contributed by atoms with E-state index in [0.29, 0.717) is 11.3 Å². The number of hydrogen-bond donors (Lipinski definition) is 1. The molecule has 0 radical (unpaired) electrons. The van der Waals surface area contributed by atoms with Crippen LogP contribution in [-0.4, -0.2) is 18.1 Å². The van der Waals surface area contributed by atoms with Crippen molar-refractivity contribution in [3.8, 4) is 0 Å². The van der Waals surface area contributed by atoms with E-state index in [2.05, 4.69) is 9.72 Å². The highest BCUT2D eigenvalue weighted by molar-refractivity contribution is 6.30. The zero-order valence-electron chi connectivity index (χ0n) is 9.37. The maximum absolute atomic E-state index is 11.5. The molecule has 4 nitrogen and oxygen atoms in total. The van der Waals surface area contributed by atoms with Gasteiger partial charge in [-0.05, 0) is 19.9 Å². The predicted molar refractivity (Wildman–Crippen MR) is 64.3 cm³/mol. The fraction of sp³-hybridized carbons (Fsp3) is 0.273. The number of halogens is 1. The molecule has 0 saturated carbocycles. The third-order valence-electron chi connectivity index (χ3n) is 1.87. The number of pyridine rings is 1. The molecule has 0 fully saturated rings. The van der Waals surface area contributed by atoms with Gasteiger partial charge in [-0.3, -0.25) is 0 Å². The first-order chi connectivity index (χ1) is 7.45. The fourth-order valence-corrected chi connectivity index (χ4v) is 1.44. The summed E-state index contributed by atoms with van der Waals surface area (Å²) in [6.45, 7) is 3.80. The summed E-state index contributed by atoms with van der Waals surface area (Å²) in [4.78, 5) is 15.4. The SMILES string of the molecule is COC(=O)c1nc(Cl)cc(N)c1C=C(C)C. The largest absolute Gasteiger partial charge is 0.464 e. The summed E-state index contributed by atoms with van der Waals surface area (Å²) in [6, 6.07) is 1.50. The number of carbonyl (C=O) groups excluding carboxylic acids is 1. The molecule has 0 aliphatic heterocycles. The number of methoxy groups -OCH3 is 1. The van der Waals surface area contributed by atoms with Gasteiger partial charge in [-0.25, -0.2) is 9.78 Å². The second-order valence-corrected chi connectivity index (χ2v) is 3.90. The molecule has 0 saturated heterocycles. The van der Waals surface area contributed by atoms with Gasteiger partial charge in [0.15, 0.2) is 5.69 Å². The molecule has 2 N–H and O–H groups in total. The van der Waals surface area contributed by atoms with E-state index in [0.717, 1.165) is 5.57 Å². The summed E-state index contributed by atoms with van der Waals surface area (Å²) >= 11 is 5.74.